The molecular weight excluding hydrogens is 550 g/mol. The normalized spacial score (nSPS) is 12.0. The molecule has 0 aliphatic carbocycles. The van der Waals surface area contributed by atoms with Crippen molar-refractivity contribution in [1.82, 2.24) is 4.57 Å². The van der Waals surface area contributed by atoms with E-state index in [0.717, 1.165) is 71.7 Å². The highest BCUT2D eigenvalue weighted by Crippen LogP contribution is 2.44. The average Bonchev–Trinajstić information content (AvgIpc) is 3.78. The molecule has 7 aromatic carbocycles. The van der Waals surface area contributed by atoms with Gasteiger partial charge in [0.05, 0.1) is 16.7 Å². The molecule has 0 spiro atoms. The highest BCUT2D eigenvalue weighted by Gasteiger charge is 2.21. The van der Waals surface area contributed by atoms with Crippen molar-refractivity contribution in [2.24, 2.45) is 0 Å². The first kappa shape index (κ1) is 24.4. The number of benzene rings is 7. The van der Waals surface area contributed by atoms with E-state index in [0.29, 0.717) is 0 Å². The van der Waals surface area contributed by atoms with Crippen LogP contribution in [0.3, 0.4) is 0 Å². The second-order valence-corrected chi connectivity index (χ2v) is 11.7. The molecular formula is C42H25NO2. The highest BCUT2D eigenvalue weighted by molar-refractivity contribution is 6.20. The van der Waals surface area contributed by atoms with E-state index in [1.807, 2.05) is 12.1 Å². The lowest BCUT2D eigenvalue weighted by Crippen LogP contribution is -1.94. The third-order valence-corrected chi connectivity index (χ3v) is 9.22. The van der Waals surface area contributed by atoms with Crippen molar-refractivity contribution in [3.8, 4) is 27.9 Å². The monoisotopic (exact) mass is 575 g/mol. The van der Waals surface area contributed by atoms with E-state index in [4.69, 9.17) is 8.83 Å². The number of hydrogen-bond donors (Lipinski definition) is 0. The van der Waals surface area contributed by atoms with Gasteiger partial charge in [-0.25, -0.2) is 0 Å². The van der Waals surface area contributed by atoms with Gasteiger partial charge in [-0.2, -0.15) is 0 Å². The second-order valence-electron chi connectivity index (χ2n) is 11.7. The van der Waals surface area contributed by atoms with Gasteiger partial charge in [-0.15, -0.1) is 0 Å². The molecule has 10 aromatic rings. The van der Waals surface area contributed by atoms with Gasteiger partial charge in [-0.05, 0) is 64.7 Å². The van der Waals surface area contributed by atoms with E-state index >= 15 is 0 Å². The van der Waals surface area contributed by atoms with Crippen LogP contribution in [0, 0.1) is 0 Å². The minimum absolute atomic E-state index is 0.867. The quantitative estimate of drug-likeness (QED) is 0.210. The zero-order valence-corrected chi connectivity index (χ0v) is 24.2. The summed E-state index contributed by atoms with van der Waals surface area (Å²) in [6.45, 7) is 0. The average molecular weight is 576 g/mol. The van der Waals surface area contributed by atoms with Gasteiger partial charge in [0.15, 0.2) is 5.58 Å². The van der Waals surface area contributed by atoms with Crippen molar-refractivity contribution in [2.45, 2.75) is 0 Å². The Morgan fingerprint density at radius 2 is 1.00 bits per heavy atom. The van der Waals surface area contributed by atoms with E-state index in [1.165, 1.54) is 21.9 Å². The number of aromatic nitrogens is 1. The van der Waals surface area contributed by atoms with Crippen molar-refractivity contribution < 1.29 is 8.83 Å². The van der Waals surface area contributed by atoms with Crippen molar-refractivity contribution in [3.05, 3.63) is 152 Å². The van der Waals surface area contributed by atoms with Crippen molar-refractivity contribution >= 4 is 65.7 Å². The molecule has 0 unspecified atom stereocenters. The third kappa shape index (κ3) is 3.46. The van der Waals surface area contributed by atoms with Crippen molar-refractivity contribution in [3.63, 3.8) is 0 Å². The summed E-state index contributed by atoms with van der Waals surface area (Å²) in [5.74, 6) is 0. The van der Waals surface area contributed by atoms with E-state index in [-0.39, 0.29) is 0 Å². The maximum Gasteiger partial charge on any atom is 0.159 e. The molecule has 3 heteroatoms. The predicted molar refractivity (Wildman–Crippen MR) is 186 cm³/mol. The molecule has 3 nitrogen and oxygen atoms in total. The third-order valence-electron chi connectivity index (χ3n) is 9.22. The summed E-state index contributed by atoms with van der Waals surface area (Å²) in [6, 6.07) is 53.5. The molecule has 10 rings (SSSR count). The van der Waals surface area contributed by atoms with Crippen LogP contribution in [0.2, 0.25) is 0 Å². The molecule has 0 N–H and O–H groups in total. The van der Waals surface area contributed by atoms with Gasteiger partial charge in [0.1, 0.15) is 16.7 Å². The summed E-state index contributed by atoms with van der Waals surface area (Å²) >= 11 is 0. The first-order valence-corrected chi connectivity index (χ1v) is 15.3. The summed E-state index contributed by atoms with van der Waals surface area (Å²) in [6.07, 6.45) is 0. The van der Waals surface area contributed by atoms with Gasteiger partial charge in [0.25, 0.3) is 0 Å². The minimum Gasteiger partial charge on any atom is -0.456 e. The molecule has 0 amide bonds. The fourth-order valence-electron chi connectivity index (χ4n) is 7.28. The van der Waals surface area contributed by atoms with Crippen LogP contribution >= 0.6 is 0 Å². The zero-order valence-electron chi connectivity index (χ0n) is 24.2. The van der Waals surface area contributed by atoms with Crippen LogP contribution in [0.4, 0.5) is 0 Å². The maximum absolute atomic E-state index is 6.80. The Balaban J connectivity index is 1.26. The van der Waals surface area contributed by atoms with E-state index in [1.54, 1.807) is 0 Å². The topological polar surface area (TPSA) is 31.2 Å². The van der Waals surface area contributed by atoms with Crippen LogP contribution in [0.15, 0.2) is 160 Å². The molecule has 0 radical (unpaired) electrons. The number of hydrogen-bond acceptors (Lipinski definition) is 2. The molecule has 0 bridgehead atoms. The minimum atomic E-state index is 0.867. The molecule has 210 valence electrons. The molecule has 0 aliphatic heterocycles. The fraction of sp³-hybridized carbons (Fsp3) is 0. The standard InChI is InChI=1S/C42H25NO2/c1-2-11-26(12-3-1)27-23-24-35-33(25-27)28-13-4-6-18-34(28)43(35)36-19-8-17-32-41-30(16-10-22-39(41)45-42(32)36)29-15-9-21-38-40(29)31-14-5-7-20-37(31)44-38/h1-25H. The lowest BCUT2D eigenvalue weighted by atomic mass is 9.95. The van der Waals surface area contributed by atoms with Crippen LogP contribution in [-0.4, -0.2) is 4.57 Å². The van der Waals surface area contributed by atoms with Crippen molar-refractivity contribution in [2.75, 3.05) is 0 Å². The molecule has 0 fully saturated rings. The smallest absolute Gasteiger partial charge is 0.159 e. The number of nitrogens with zero attached hydrogens (tertiary/aromatic N) is 1. The zero-order chi connectivity index (χ0) is 29.5. The molecule has 0 saturated heterocycles. The summed E-state index contributed by atoms with van der Waals surface area (Å²) in [5.41, 5.74) is 11.6. The van der Waals surface area contributed by atoms with Crippen LogP contribution in [0.25, 0.3) is 93.6 Å². The Labute approximate surface area is 258 Å². The summed E-state index contributed by atoms with van der Waals surface area (Å²) in [5, 5.41) is 6.89. The largest absolute Gasteiger partial charge is 0.456 e. The van der Waals surface area contributed by atoms with Crippen LogP contribution in [0.1, 0.15) is 0 Å². The van der Waals surface area contributed by atoms with Crippen LogP contribution in [0.5, 0.6) is 0 Å². The van der Waals surface area contributed by atoms with Gasteiger partial charge in [0.2, 0.25) is 0 Å². The van der Waals surface area contributed by atoms with Gasteiger partial charge in [-0.1, -0.05) is 109 Å². The highest BCUT2D eigenvalue weighted by atomic mass is 16.3. The van der Waals surface area contributed by atoms with E-state index in [9.17, 15) is 0 Å². The first-order valence-electron chi connectivity index (χ1n) is 15.3. The molecule has 0 atom stereocenters. The lowest BCUT2D eigenvalue weighted by molar-refractivity contribution is 0.666. The summed E-state index contributed by atoms with van der Waals surface area (Å²) in [4.78, 5) is 0. The summed E-state index contributed by atoms with van der Waals surface area (Å²) in [7, 11) is 0. The number of rotatable bonds is 3. The molecule has 45 heavy (non-hydrogen) atoms. The Morgan fingerprint density at radius 1 is 0.378 bits per heavy atom. The van der Waals surface area contributed by atoms with E-state index in [2.05, 4.69) is 144 Å². The van der Waals surface area contributed by atoms with Crippen LogP contribution in [-0.2, 0) is 0 Å². The Bertz CT molecular complexity index is 2760. The number of furan rings is 2. The Morgan fingerprint density at radius 3 is 1.84 bits per heavy atom. The van der Waals surface area contributed by atoms with Gasteiger partial charge >= 0.3 is 0 Å². The van der Waals surface area contributed by atoms with Gasteiger partial charge in [0, 0.05) is 32.3 Å². The SMILES string of the molecule is c1ccc(-c2ccc3c(c2)c2ccccc2n3-c2cccc3c2oc2cccc(-c4cccc5oc6ccccc6c45)c23)cc1. The lowest BCUT2D eigenvalue weighted by Gasteiger charge is -2.09. The van der Waals surface area contributed by atoms with Crippen molar-refractivity contribution in [1.29, 1.82) is 0 Å². The predicted octanol–water partition coefficient (Wildman–Crippen LogP) is 11.9. The Hall–Kier alpha value is -6.06. The number of fused-ring (bicyclic) bond motifs is 9. The van der Waals surface area contributed by atoms with E-state index < -0.39 is 0 Å². The van der Waals surface area contributed by atoms with Gasteiger partial charge < -0.3 is 13.4 Å². The second kappa shape index (κ2) is 9.22. The van der Waals surface area contributed by atoms with Crippen LogP contribution < -0.4 is 0 Å². The fourth-order valence-corrected chi connectivity index (χ4v) is 7.28. The molecule has 0 aliphatic rings. The molecule has 3 aromatic heterocycles. The first-order chi connectivity index (χ1) is 22.3. The molecule has 3 heterocycles. The maximum atomic E-state index is 6.80. The molecule has 0 saturated carbocycles. The Kier molecular flexibility index (Phi) is 5.00. The van der Waals surface area contributed by atoms with Gasteiger partial charge in [-0.3, -0.25) is 0 Å². The number of para-hydroxylation sites is 3. The summed E-state index contributed by atoms with van der Waals surface area (Å²) < 4.78 is 15.4.